The van der Waals surface area contributed by atoms with Gasteiger partial charge in [0.2, 0.25) is 5.91 Å². The first-order chi connectivity index (χ1) is 10.9. The molecule has 1 amide bonds. The summed E-state index contributed by atoms with van der Waals surface area (Å²) in [4.78, 5) is 15.0. The number of hydrogen-bond acceptors (Lipinski definition) is 2. The number of benzene rings is 2. The number of fused-ring (bicyclic) bond motifs is 1. The molecule has 3 rings (SSSR count). The van der Waals surface area contributed by atoms with Crippen LogP contribution in [0.5, 0.6) is 0 Å². The van der Waals surface area contributed by atoms with Crippen molar-refractivity contribution in [1.29, 1.82) is 5.26 Å². The summed E-state index contributed by atoms with van der Waals surface area (Å²) in [5.41, 5.74) is 1.46. The van der Waals surface area contributed by atoms with Crippen LogP contribution in [0, 0.1) is 16.7 Å². The van der Waals surface area contributed by atoms with Crippen molar-refractivity contribution < 1.29 is 4.79 Å². The van der Waals surface area contributed by atoms with Crippen LogP contribution in [0.25, 0.3) is 0 Å². The SMILES string of the molecule is CN1C(=O)[C@](CC(C)(C)C#N)(c2ccccc2)c2ccccc21. The number of nitrogens with zero attached hydrogens (tertiary/aromatic N) is 2. The first-order valence-electron chi connectivity index (χ1n) is 7.77. The minimum atomic E-state index is -0.800. The average molecular weight is 304 g/mol. The zero-order valence-electron chi connectivity index (χ0n) is 13.7. The average Bonchev–Trinajstić information content (AvgIpc) is 2.79. The lowest BCUT2D eigenvalue weighted by molar-refractivity contribution is -0.122. The molecule has 0 saturated carbocycles. The Morgan fingerprint density at radius 3 is 2.35 bits per heavy atom. The van der Waals surface area contributed by atoms with Crippen molar-refractivity contribution in [3.63, 3.8) is 0 Å². The third kappa shape index (κ3) is 2.22. The van der Waals surface area contributed by atoms with Crippen molar-refractivity contribution >= 4 is 11.6 Å². The Hall–Kier alpha value is -2.60. The van der Waals surface area contributed by atoms with E-state index in [1.54, 1.807) is 4.90 Å². The summed E-state index contributed by atoms with van der Waals surface area (Å²) in [6.45, 7) is 3.79. The molecule has 1 heterocycles. The second-order valence-electron chi connectivity index (χ2n) is 6.83. The normalized spacial score (nSPS) is 20.3. The van der Waals surface area contributed by atoms with Gasteiger partial charge in [-0.3, -0.25) is 4.79 Å². The summed E-state index contributed by atoms with van der Waals surface area (Å²) in [7, 11) is 1.81. The van der Waals surface area contributed by atoms with Gasteiger partial charge in [0.05, 0.1) is 11.5 Å². The van der Waals surface area contributed by atoms with Gasteiger partial charge in [0.1, 0.15) is 5.41 Å². The monoisotopic (exact) mass is 304 g/mol. The number of carbonyl (C=O) groups is 1. The van der Waals surface area contributed by atoms with Crippen molar-refractivity contribution in [2.45, 2.75) is 25.7 Å². The van der Waals surface area contributed by atoms with Crippen LogP contribution in [0.2, 0.25) is 0 Å². The van der Waals surface area contributed by atoms with Crippen molar-refractivity contribution in [2.75, 3.05) is 11.9 Å². The summed E-state index contributed by atoms with van der Waals surface area (Å²) in [5, 5.41) is 9.54. The van der Waals surface area contributed by atoms with Crippen LogP contribution in [0.15, 0.2) is 54.6 Å². The van der Waals surface area contributed by atoms with E-state index in [1.807, 2.05) is 75.5 Å². The van der Waals surface area contributed by atoms with Gasteiger partial charge in [-0.1, -0.05) is 48.5 Å². The van der Waals surface area contributed by atoms with Crippen molar-refractivity contribution in [1.82, 2.24) is 0 Å². The highest BCUT2D eigenvalue weighted by atomic mass is 16.2. The van der Waals surface area contributed by atoms with Crippen LogP contribution in [-0.4, -0.2) is 13.0 Å². The van der Waals surface area contributed by atoms with Gasteiger partial charge in [0.15, 0.2) is 0 Å². The third-order valence-electron chi connectivity index (χ3n) is 4.67. The van der Waals surface area contributed by atoms with E-state index in [-0.39, 0.29) is 5.91 Å². The number of carbonyl (C=O) groups excluding carboxylic acids is 1. The molecule has 0 N–H and O–H groups in total. The second-order valence-corrected chi connectivity index (χ2v) is 6.83. The molecule has 0 aliphatic carbocycles. The zero-order valence-corrected chi connectivity index (χ0v) is 13.7. The maximum atomic E-state index is 13.3. The number of nitriles is 1. The largest absolute Gasteiger partial charge is 0.314 e. The maximum Gasteiger partial charge on any atom is 0.241 e. The van der Waals surface area contributed by atoms with E-state index in [1.165, 1.54) is 0 Å². The van der Waals surface area contributed by atoms with Gasteiger partial charge >= 0.3 is 0 Å². The van der Waals surface area contributed by atoms with E-state index in [0.29, 0.717) is 6.42 Å². The van der Waals surface area contributed by atoms with Crippen LogP contribution in [-0.2, 0) is 10.2 Å². The van der Waals surface area contributed by atoms with E-state index in [2.05, 4.69) is 6.07 Å². The standard InChI is InChI=1S/C20H20N2O/c1-19(2,14-21)13-20(15-9-5-4-6-10-15)16-11-7-8-12-17(16)22(3)18(20)23/h4-12H,13H2,1-3H3/t20-/m1/s1. The summed E-state index contributed by atoms with van der Waals surface area (Å²) in [6, 6.07) is 20.1. The van der Waals surface area contributed by atoms with Gasteiger partial charge in [-0.15, -0.1) is 0 Å². The molecule has 3 heteroatoms. The molecule has 2 aromatic carbocycles. The van der Waals surface area contributed by atoms with E-state index in [9.17, 15) is 10.1 Å². The summed E-state index contributed by atoms with van der Waals surface area (Å²) in [6.07, 6.45) is 0.459. The molecule has 0 aromatic heterocycles. The Labute approximate surface area is 137 Å². The van der Waals surface area contributed by atoms with E-state index in [0.717, 1.165) is 16.8 Å². The quantitative estimate of drug-likeness (QED) is 0.863. The summed E-state index contributed by atoms with van der Waals surface area (Å²) >= 11 is 0. The number of anilines is 1. The molecular weight excluding hydrogens is 284 g/mol. The van der Waals surface area contributed by atoms with Gasteiger partial charge in [-0.05, 0) is 37.5 Å². The zero-order chi connectivity index (χ0) is 16.7. The molecule has 116 valence electrons. The summed E-state index contributed by atoms with van der Waals surface area (Å²) < 4.78 is 0. The lowest BCUT2D eigenvalue weighted by atomic mass is 9.66. The molecule has 23 heavy (non-hydrogen) atoms. The molecule has 1 aliphatic rings. The number of hydrogen-bond donors (Lipinski definition) is 0. The molecule has 1 aliphatic heterocycles. The minimum absolute atomic E-state index is 0.0354. The van der Waals surface area contributed by atoms with Gasteiger partial charge in [0.25, 0.3) is 0 Å². The number of rotatable bonds is 3. The third-order valence-corrected chi connectivity index (χ3v) is 4.67. The highest BCUT2D eigenvalue weighted by Gasteiger charge is 2.53. The fourth-order valence-electron chi connectivity index (χ4n) is 3.61. The van der Waals surface area contributed by atoms with Gasteiger partial charge in [0, 0.05) is 12.7 Å². The molecule has 1 atom stereocenters. The molecule has 0 bridgehead atoms. The molecule has 0 radical (unpaired) electrons. The van der Waals surface area contributed by atoms with E-state index >= 15 is 0 Å². The molecule has 0 unspecified atom stereocenters. The molecule has 2 aromatic rings. The predicted molar refractivity (Wildman–Crippen MR) is 91.1 cm³/mol. The summed E-state index contributed by atoms with van der Waals surface area (Å²) in [5.74, 6) is 0.0354. The van der Waals surface area contributed by atoms with E-state index < -0.39 is 10.8 Å². The number of para-hydroxylation sites is 1. The number of amides is 1. The topological polar surface area (TPSA) is 44.1 Å². The Balaban J connectivity index is 2.30. The molecule has 3 nitrogen and oxygen atoms in total. The van der Waals surface area contributed by atoms with Crippen LogP contribution >= 0.6 is 0 Å². The van der Waals surface area contributed by atoms with Crippen LogP contribution in [0.3, 0.4) is 0 Å². The highest BCUT2D eigenvalue weighted by molar-refractivity contribution is 6.10. The van der Waals surface area contributed by atoms with E-state index in [4.69, 9.17) is 0 Å². The Morgan fingerprint density at radius 2 is 1.70 bits per heavy atom. The number of likely N-dealkylation sites (N-methyl/N-ethyl adjacent to an activating group) is 1. The molecule has 0 saturated heterocycles. The molecular formula is C20H20N2O. The first kappa shape index (κ1) is 15.3. The fourth-order valence-corrected chi connectivity index (χ4v) is 3.61. The molecule has 0 fully saturated rings. The Bertz CT molecular complexity index is 789. The van der Waals surface area contributed by atoms with Crippen LogP contribution in [0.1, 0.15) is 31.4 Å². The second kappa shape index (κ2) is 5.24. The van der Waals surface area contributed by atoms with Gasteiger partial charge < -0.3 is 4.90 Å². The van der Waals surface area contributed by atoms with Crippen LogP contribution in [0.4, 0.5) is 5.69 Å². The lowest BCUT2D eigenvalue weighted by Gasteiger charge is -2.33. The van der Waals surface area contributed by atoms with Gasteiger partial charge in [-0.2, -0.15) is 5.26 Å². The fraction of sp³-hybridized carbons (Fsp3) is 0.300. The van der Waals surface area contributed by atoms with Crippen molar-refractivity contribution in [3.05, 3.63) is 65.7 Å². The highest BCUT2D eigenvalue weighted by Crippen LogP contribution is 2.51. The van der Waals surface area contributed by atoms with Gasteiger partial charge in [-0.25, -0.2) is 0 Å². The lowest BCUT2D eigenvalue weighted by Crippen LogP contribution is -2.42. The Morgan fingerprint density at radius 1 is 1.09 bits per heavy atom. The predicted octanol–water partition coefficient (Wildman–Crippen LogP) is 3.89. The first-order valence-corrected chi connectivity index (χ1v) is 7.77. The Kier molecular flexibility index (Phi) is 3.49. The maximum absolute atomic E-state index is 13.3. The minimum Gasteiger partial charge on any atom is -0.314 e. The van der Waals surface area contributed by atoms with Crippen LogP contribution < -0.4 is 4.90 Å². The van der Waals surface area contributed by atoms with Crippen molar-refractivity contribution in [2.24, 2.45) is 5.41 Å². The smallest absolute Gasteiger partial charge is 0.241 e. The van der Waals surface area contributed by atoms with Crippen molar-refractivity contribution in [3.8, 4) is 6.07 Å². The molecule has 0 spiro atoms.